The Morgan fingerprint density at radius 2 is 2.15 bits per heavy atom. The molecule has 0 amide bonds. The summed E-state index contributed by atoms with van der Waals surface area (Å²) in [7, 11) is 0. The van der Waals surface area contributed by atoms with Gasteiger partial charge in [-0.05, 0) is 49.6 Å². The number of aliphatic hydroxyl groups is 3. The Bertz CT molecular complexity index is 1020. The second-order valence-electron chi connectivity index (χ2n) is 8.15. The van der Waals surface area contributed by atoms with Crippen LogP contribution in [-0.2, 0) is 9.59 Å². The molecule has 4 aliphatic carbocycles. The van der Waals surface area contributed by atoms with Crippen molar-refractivity contribution in [3.05, 3.63) is 23.8 Å². The van der Waals surface area contributed by atoms with E-state index in [4.69, 9.17) is 8.22 Å². The van der Waals surface area contributed by atoms with Crippen LogP contribution in [0, 0.1) is 28.6 Å². The lowest BCUT2D eigenvalue weighted by Crippen LogP contribution is -2.61. The fraction of sp³-hybridized carbons (Fsp3) is 0.714. The van der Waals surface area contributed by atoms with Crippen LogP contribution >= 0.6 is 0 Å². The first kappa shape index (κ1) is 11.5. The lowest BCUT2D eigenvalue weighted by molar-refractivity contribution is -0.186. The largest absolute Gasteiger partial charge is 0.394 e. The molecular formula is C21H28O5. The molecule has 7 atom stereocenters. The molecule has 0 aromatic carbocycles. The number of rotatable bonds is 2. The van der Waals surface area contributed by atoms with Gasteiger partial charge >= 0.3 is 0 Å². The Hall–Kier alpha value is -1.30. The zero-order valence-electron chi connectivity index (χ0n) is 21.8. The molecule has 3 N–H and O–H groups in total. The number of hydrogen-bond donors (Lipinski definition) is 3. The van der Waals surface area contributed by atoms with Crippen LogP contribution < -0.4 is 0 Å². The highest BCUT2D eigenvalue weighted by atomic mass is 16.4. The molecule has 0 spiro atoms. The Morgan fingerprint density at radius 3 is 2.85 bits per heavy atom. The van der Waals surface area contributed by atoms with Crippen LogP contribution in [0.5, 0.6) is 0 Å². The van der Waals surface area contributed by atoms with Crippen LogP contribution in [0.4, 0.5) is 0 Å². The molecule has 0 bridgehead atoms. The minimum absolute atomic E-state index is 0.0669. The Balaban J connectivity index is 2.03. The van der Waals surface area contributed by atoms with Crippen LogP contribution in [0.1, 0.15) is 55.5 Å². The van der Waals surface area contributed by atoms with Gasteiger partial charge in [-0.15, -0.1) is 0 Å². The molecule has 26 heavy (non-hydrogen) atoms. The van der Waals surface area contributed by atoms with Crippen LogP contribution in [0.25, 0.3) is 0 Å². The van der Waals surface area contributed by atoms with E-state index in [9.17, 15) is 26.3 Å². The summed E-state index contributed by atoms with van der Waals surface area (Å²) in [5.41, 5.74) is -6.48. The van der Waals surface area contributed by atoms with E-state index in [0.29, 0.717) is 0 Å². The van der Waals surface area contributed by atoms with Gasteiger partial charge in [0, 0.05) is 30.0 Å². The van der Waals surface area contributed by atoms with E-state index in [1.54, 1.807) is 0 Å². The highest BCUT2D eigenvalue weighted by Gasteiger charge is 2.67. The number of aliphatic hydroxyl groups excluding tert-OH is 2. The van der Waals surface area contributed by atoms with E-state index >= 15 is 0 Å². The van der Waals surface area contributed by atoms with Crippen molar-refractivity contribution in [3.63, 3.8) is 0 Å². The SMILES string of the molecule is [2H]C1=C[C@@]2(C)C(=C([2H])C1=O)C([2H])([2H])C[C@H]1[C@@H]3CC[C@](O)(C(O)CO)[C@@]3(C)C([2H])([2H])C(=O)[C@@]12[2H]. The molecule has 5 heteroatoms. The minimum atomic E-state index is -2.88. The third kappa shape index (κ3) is 2.08. The van der Waals surface area contributed by atoms with Gasteiger partial charge in [0.05, 0.1) is 14.9 Å². The molecule has 0 aromatic heterocycles. The number of allylic oxidation sites excluding steroid dienone is 4. The van der Waals surface area contributed by atoms with Crippen molar-refractivity contribution in [2.45, 2.75) is 57.6 Å². The summed E-state index contributed by atoms with van der Waals surface area (Å²) in [6, 6.07) is -1.45. The molecule has 3 fully saturated rings. The Kier molecular flexibility index (Phi) is 2.48. The van der Waals surface area contributed by atoms with Crippen LogP contribution in [-0.4, -0.2) is 45.2 Å². The van der Waals surface area contributed by atoms with Gasteiger partial charge in [0.25, 0.3) is 0 Å². The van der Waals surface area contributed by atoms with E-state index < -0.39 is 95.3 Å². The number of carbonyl (C=O) groups excluding carboxylic acids is 2. The molecule has 142 valence electrons. The monoisotopic (exact) mass is 367 g/mol. The smallest absolute Gasteiger partial charge is 0.178 e. The predicted octanol–water partition coefficient (Wildman–Crippen LogP) is 1.56. The van der Waals surface area contributed by atoms with Crippen molar-refractivity contribution in [1.29, 1.82) is 0 Å². The van der Waals surface area contributed by atoms with Crippen molar-refractivity contribution in [1.82, 2.24) is 0 Å². The third-order valence-corrected chi connectivity index (χ3v) is 6.98. The Labute approximate surface area is 163 Å². The molecule has 0 aromatic rings. The molecule has 4 aliphatic rings. The average molecular weight is 367 g/mol. The van der Waals surface area contributed by atoms with Gasteiger partial charge < -0.3 is 15.3 Å². The van der Waals surface area contributed by atoms with Crippen molar-refractivity contribution in [2.75, 3.05) is 6.61 Å². The van der Waals surface area contributed by atoms with Crippen molar-refractivity contribution >= 4 is 11.6 Å². The molecule has 0 heterocycles. The maximum Gasteiger partial charge on any atom is 0.178 e. The summed E-state index contributed by atoms with van der Waals surface area (Å²) < 4.78 is 60.6. The predicted molar refractivity (Wildman–Crippen MR) is 95.0 cm³/mol. The summed E-state index contributed by atoms with van der Waals surface area (Å²) in [5, 5.41) is 31.4. The first-order valence-corrected chi connectivity index (χ1v) is 8.91. The maximum atomic E-state index is 13.9. The van der Waals surface area contributed by atoms with E-state index in [2.05, 4.69) is 0 Å². The van der Waals surface area contributed by atoms with Gasteiger partial charge in [-0.2, -0.15) is 0 Å². The van der Waals surface area contributed by atoms with Crippen LogP contribution in [0.15, 0.2) is 23.8 Å². The van der Waals surface area contributed by atoms with E-state index in [1.165, 1.54) is 13.8 Å². The number of carbonyl (C=O) groups is 2. The normalized spacial score (nSPS) is 59.9. The molecule has 0 saturated heterocycles. The fourth-order valence-corrected chi connectivity index (χ4v) is 5.46. The molecular weight excluding hydrogens is 332 g/mol. The highest BCUT2D eigenvalue weighted by molar-refractivity contribution is 6.01. The van der Waals surface area contributed by atoms with Crippen molar-refractivity contribution in [3.8, 4) is 0 Å². The van der Waals surface area contributed by atoms with Gasteiger partial charge in [0.2, 0.25) is 0 Å². The third-order valence-electron chi connectivity index (χ3n) is 6.98. The number of fused-ring (bicyclic) bond motifs is 5. The van der Waals surface area contributed by atoms with Gasteiger partial charge in [-0.1, -0.05) is 25.5 Å². The average Bonchev–Trinajstić information content (AvgIpc) is 3.00. The molecule has 0 radical (unpaired) electrons. The van der Waals surface area contributed by atoms with E-state index in [1.807, 2.05) is 0 Å². The number of Topliss-reactive ketones (excluding diaryl/α,β-unsaturated/α-hetero) is 1. The van der Waals surface area contributed by atoms with E-state index in [0.717, 1.165) is 6.08 Å². The molecule has 4 rings (SSSR count). The zero-order valence-corrected chi connectivity index (χ0v) is 14.8. The van der Waals surface area contributed by atoms with Gasteiger partial charge in [0.1, 0.15) is 11.9 Å². The maximum absolute atomic E-state index is 13.9. The molecule has 5 nitrogen and oxygen atoms in total. The zero-order chi connectivity index (χ0) is 25.2. The number of hydrogen-bond acceptors (Lipinski definition) is 5. The second kappa shape index (κ2) is 5.60. The van der Waals surface area contributed by atoms with Gasteiger partial charge in [-0.25, -0.2) is 0 Å². The van der Waals surface area contributed by atoms with Crippen molar-refractivity contribution in [2.24, 2.45) is 28.6 Å². The second-order valence-corrected chi connectivity index (χ2v) is 8.15. The van der Waals surface area contributed by atoms with E-state index in [-0.39, 0.29) is 12.8 Å². The van der Waals surface area contributed by atoms with Crippen LogP contribution in [0.3, 0.4) is 0 Å². The lowest BCUT2D eigenvalue weighted by atomic mass is 9.46. The Morgan fingerprint density at radius 1 is 1.42 bits per heavy atom. The first-order chi connectivity index (χ1) is 14.9. The summed E-state index contributed by atoms with van der Waals surface area (Å²) in [6.45, 7) is 1.73. The molecule has 1 unspecified atom stereocenters. The van der Waals surface area contributed by atoms with Gasteiger partial charge in [-0.3, -0.25) is 9.59 Å². The fourth-order valence-electron chi connectivity index (χ4n) is 5.46. The molecule has 3 saturated carbocycles. The van der Waals surface area contributed by atoms with Gasteiger partial charge in [0.15, 0.2) is 5.78 Å². The topological polar surface area (TPSA) is 94.8 Å². The lowest BCUT2D eigenvalue weighted by Gasteiger charge is -2.57. The summed E-state index contributed by atoms with van der Waals surface area (Å²) in [5.74, 6) is -6.72. The van der Waals surface area contributed by atoms with Crippen LogP contribution in [0.2, 0.25) is 0 Å². The highest BCUT2D eigenvalue weighted by Crippen LogP contribution is 2.66. The standard InChI is InChI=1S/C21H28O5/c1-19-7-5-13(23)9-12(19)3-4-14-15-6-8-21(26,17(25)11-22)20(15,2)10-16(24)18(14)19/h5,7,9,14-15,17-18,22,25-26H,3-4,6,8,10-11H2,1-2H3/t14-,15-,17?,18+,19-,20-,21-/m0/s1/i3D2,5D,9D,10D2,18D. The quantitative estimate of drug-likeness (QED) is 0.688. The minimum Gasteiger partial charge on any atom is -0.394 e. The summed E-state index contributed by atoms with van der Waals surface area (Å²) in [6.07, 6.45) is -6.51. The summed E-state index contributed by atoms with van der Waals surface area (Å²) >= 11 is 0. The number of ketones is 2. The van der Waals surface area contributed by atoms with Crippen molar-refractivity contribution < 1.29 is 34.5 Å². The molecule has 0 aliphatic heterocycles. The first-order valence-electron chi connectivity index (χ1n) is 12.4. The summed E-state index contributed by atoms with van der Waals surface area (Å²) in [4.78, 5) is 26.3.